The number of aromatic amines is 1. The molecule has 41 heavy (non-hydrogen) atoms. The normalized spacial score (nSPS) is 14.3. The van der Waals surface area contributed by atoms with Gasteiger partial charge in [0.1, 0.15) is 17.2 Å². The number of carbonyl (C=O) groups is 1. The van der Waals surface area contributed by atoms with E-state index in [2.05, 4.69) is 24.0 Å². The Hall–Kier alpha value is -4.46. The predicted octanol–water partition coefficient (Wildman–Crippen LogP) is 6.32. The van der Waals surface area contributed by atoms with E-state index >= 15 is 0 Å². The fourth-order valence-electron chi connectivity index (χ4n) is 5.16. The van der Waals surface area contributed by atoms with Gasteiger partial charge in [-0.15, -0.1) is 0 Å². The SMILES string of the molecule is COc1ccc(CCN2C(=O)c3[nH]nc(-c4ccc(OC)cc4)c3C2c2ccc(OCCC(C)C)c(OC)c2)cc1. The lowest BCUT2D eigenvalue weighted by Crippen LogP contribution is -2.31. The summed E-state index contributed by atoms with van der Waals surface area (Å²) in [7, 11) is 4.93. The van der Waals surface area contributed by atoms with Gasteiger partial charge in [-0.1, -0.05) is 32.0 Å². The summed E-state index contributed by atoms with van der Waals surface area (Å²) in [6.45, 7) is 5.47. The van der Waals surface area contributed by atoms with E-state index in [0.717, 1.165) is 45.9 Å². The quantitative estimate of drug-likeness (QED) is 0.220. The minimum absolute atomic E-state index is 0.0815. The molecule has 1 unspecified atom stereocenters. The maximum absolute atomic E-state index is 13.8. The summed E-state index contributed by atoms with van der Waals surface area (Å²) in [5, 5.41) is 7.64. The highest BCUT2D eigenvalue weighted by Gasteiger charge is 2.42. The van der Waals surface area contributed by atoms with Crippen molar-refractivity contribution >= 4 is 5.91 Å². The first kappa shape index (κ1) is 28.1. The van der Waals surface area contributed by atoms with Gasteiger partial charge in [0.2, 0.25) is 0 Å². The first-order valence-electron chi connectivity index (χ1n) is 13.9. The van der Waals surface area contributed by atoms with Crippen molar-refractivity contribution in [2.45, 2.75) is 32.7 Å². The summed E-state index contributed by atoms with van der Waals surface area (Å²) in [6.07, 6.45) is 1.64. The Morgan fingerprint density at radius 3 is 2.20 bits per heavy atom. The van der Waals surface area contributed by atoms with E-state index in [4.69, 9.17) is 18.9 Å². The van der Waals surface area contributed by atoms with Crippen LogP contribution in [0, 0.1) is 5.92 Å². The van der Waals surface area contributed by atoms with E-state index in [1.807, 2.05) is 71.6 Å². The molecule has 2 heterocycles. The van der Waals surface area contributed by atoms with Gasteiger partial charge < -0.3 is 23.8 Å². The molecule has 4 aromatic rings. The summed E-state index contributed by atoms with van der Waals surface area (Å²) < 4.78 is 22.4. The van der Waals surface area contributed by atoms with E-state index < -0.39 is 0 Å². The van der Waals surface area contributed by atoms with Crippen molar-refractivity contribution in [3.63, 3.8) is 0 Å². The molecule has 0 radical (unpaired) electrons. The van der Waals surface area contributed by atoms with Crippen LogP contribution in [0.2, 0.25) is 0 Å². The molecule has 1 aliphatic heterocycles. The maximum atomic E-state index is 13.8. The average molecular weight is 556 g/mol. The molecule has 5 rings (SSSR count). The molecule has 1 atom stereocenters. The van der Waals surface area contributed by atoms with Crippen LogP contribution >= 0.6 is 0 Å². The van der Waals surface area contributed by atoms with Gasteiger partial charge in [0.25, 0.3) is 5.91 Å². The minimum atomic E-state index is -0.356. The van der Waals surface area contributed by atoms with Crippen LogP contribution in [0.15, 0.2) is 66.7 Å². The highest BCUT2D eigenvalue weighted by atomic mass is 16.5. The van der Waals surface area contributed by atoms with Crippen molar-refractivity contribution in [2.24, 2.45) is 5.92 Å². The lowest BCUT2D eigenvalue weighted by molar-refractivity contribution is 0.0745. The molecular weight excluding hydrogens is 518 g/mol. The summed E-state index contributed by atoms with van der Waals surface area (Å²) in [5.41, 5.74) is 5.05. The standard InChI is InChI=1S/C33H37N3O5/c1-21(2)17-19-41-27-15-10-24(20-28(27)40-5)32-29-30(23-8-13-26(39-4)14-9-23)34-35-31(29)33(37)36(32)18-16-22-6-11-25(38-3)12-7-22/h6-15,20-21,32H,16-19H2,1-5H3,(H,34,35). The number of ether oxygens (including phenoxy) is 4. The summed E-state index contributed by atoms with van der Waals surface area (Å²) in [4.78, 5) is 15.7. The molecule has 214 valence electrons. The fourth-order valence-corrected chi connectivity index (χ4v) is 5.16. The Kier molecular flexibility index (Phi) is 8.47. The molecule has 8 nitrogen and oxygen atoms in total. The van der Waals surface area contributed by atoms with Crippen molar-refractivity contribution in [3.05, 3.63) is 89.1 Å². The molecule has 3 aromatic carbocycles. The molecule has 0 spiro atoms. The lowest BCUT2D eigenvalue weighted by Gasteiger charge is -2.27. The van der Waals surface area contributed by atoms with Crippen molar-refractivity contribution in [1.29, 1.82) is 0 Å². The molecule has 0 saturated carbocycles. The summed E-state index contributed by atoms with van der Waals surface area (Å²) in [5.74, 6) is 3.34. The second kappa shape index (κ2) is 12.4. The predicted molar refractivity (Wildman–Crippen MR) is 158 cm³/mol. The van der Waals surface area contributed by atoms with E-state index in [1.54, 1.807) is 21.3 Å². The van der Waals surface area contributed by atoms with Gasteiger partial charge in [0, 0.05) is 17.7 Å². The second-order valence-electron chi connectivity index (χ2n) is 10.5. The Morgan fingerprint density at radius 1 is 0.878 bits per heavy atom. The number of amides is 1. The van der Waals surface area contributed by atoms with Gasteiger partial charge in [-0.3, -0.25) is 9.89 Å². The first-order chi connectivity index (χ1) is 19.9. The minimum Gasteiger partial charge on any atom is -0.497 e. The number of H-pyrrole nitrogens is 1. The van der Waals surface area contributed by atoms with Crippen molar-refractivity contribution in [2.75, 3.05) is 34.5 Å². The van der Waals surface area contributed by atoms with Crippen LogP contribution in [0.5, 0.6) is 23.0 Å². The summed E-state index contributed by atoms with van der Waals surface area (Å²) >= 11 is 0. The number of hydrogen-bond donors (Lipinski definition) is 1. The third-order valence-electron chi connectivity index (χ3n) is 7.48. The molecule has 1 N–H and O–H groups in total. The topological polar surface area (TPSA) is 85.9 Å². The fraction of sp³-hybridized carbons (Fsp3) is 0.333. The highest BCUT2D eigenvalue weighted by molar-refractivity contribution is 6.00. The Balaban J connectivity index is 1.52. The number of hydrogen-bond acceptors (Lipinski definition) is 6. The van der Waals surface area contributed by atoms with Crippen LogP contribution < -0.4 is 18.9 Å². The number of fused-ring (bicyclic) bond motifs is 1. The first-order valence-corrected chi connectivity index (χ1v) is 13.9. The number of nitrogens with one attached hydrogen (secondary N) is 1. The smallest absolute Gasteiger partial charge is 0.273 e. The molecule has 0 fully saturated rings. The molecular formula is C33H37N3O5. The van der Waals surface area contributed by atoms with E-state index in [0.29, 0.717) is 42.7 Å². The van der Waals surface area contributed by atoms with Gasteiger partial charge in [-0.05, 0) is 78.4 Å². The zero-order chi connectivity index (χ0) is 28.9. The van der Waals surface area contributed by atoms with Gasteiger partial charge in [0.05, 0.1) is 39.7 Å². The Morgan fingerprint density at radius 2 is 1.56 bits per heavy atom. The number of benzene rings is 3. The van der Waals surface area contributed by atoms with E-state index in [-0.39, 0.29) is 11.9 Å². The van der Waals surface area contributed by atoms with Gasteiger partial charge in [-0.25, -0.2) is 0 Å². The molecule has 0 saturated heterocycles. The molecule has 1 aromatic heterocycles. The number of aromatic nitrogens is 2. The van der Waals surface area contributed by atoms with Crippen LogP contribution in [-0.4, -0.2) is 55.5 Å². The lowest BCUT2D eigenvalue weighted by atomic mass is 9.95. The van der Waals surface area contributed by atoms with Crippen molar-refractivity contribution in [1.82, 2.24) is 15.1 Å². The molecule has 0 bridgehead atoms. The number of carbonyl (C=O) groups excluding carboxylic acids is 1. The van der Waals surface area contributed by atoms with Crippen molar-refractivity contribution < 1.29 is 23.7 Å². The third-order valence-corrected chi connectivity index (χ3v) is 7.48. The van der Waals surface area contributed by atoms with E-state index in [1.165, 1.54) is 0 Å². The zero-order valence-electron chi connectivity index (χ0n) is 24.3. The molecule has 1 aliphatic rings. The Bertz CT molecular complexity index is 1480. The molecule has 0 aliphatic carbocycles. The largest absolute Gasteiger partial charge is 0.497 e. The monoisotopic (exact) mass is 555 g/mol. The highest BCUT2D eigenvalue weighted by Crippen LogP contribution is 2.44. The van der Waals surface area contributed by atoms with Crippen molar-refractivity contribution in [3.8, 4) is 34.3 Å². The zero-order valence-corrected chi connectivity index (χ0v) is 24.3. The van der Waals surface area contributed by atoms with Crippen LogP contribution in [0.3, 0.4) is 0 Å². The van der Waals surface area contributed by atoms with Crippen LogP contribution in [-0.2, 0) is 6.42 Å². The van der Waals surface area contributed by atoms with E-state index in [9.17, 15) is 4.79 Å². The van der Waals surface area contributed by atoms with Crippen LogP contribution in [0.1, 0.15) is 53.5 Å². The number of nitrogens with zero attached hydrogens (tertiary/aromatic N) is 2. The molecule has 1 amide bonds. The van der Waals surface area contributed by atoms with Crippen LogP contribution in [0.4, 0.5) is 0 Å². The number of rotatable bonds is 12. The van der Waals surface area contributed by atoms with Crippen LogP contribution in [0.25, 0.3) is 11.3 Å². The third kappa shape index (κ3) is 5.87. The van der Waals surface area contributed by atoms with Gasteiger partial charge >= 0.3 is 0 Å². The summed E-state index contributed by atoms with van der Waals surface area (Å²) in [6, 6.07) is 21.2. The number of methoxy groups -OCH3 is 3. The average Bonchev–Trinajstić information content (AvgIpc) is 3.54. The Labute approximate surface area is 241 Å². The molecule has 8 heteroatoms. The van der Waals surface area contributed by atoms with Gasteiger partial charge in [0.15, 0.2) is 11.5 Å². The second-order valence-corrected chi connectivity index (χ2v) is 10.5. The van der Waals surface area contributed by atoms with Gasteiger partial charge in [-0.2, -0.15) is 5.10 Å². The maximum Gasteiger partial charge on any atom is 0.273 e.